The van der Waals surface area contributed by atoms with Gasteiger partial charge in [-0.25, -0.2) is 4.79 Å². The lowest BCUT2D eigenvalue weighted by molar-refractivity contribution is 0.160. The predicted molar refractivity (Wildman–Crippen MR) is 78.8 cm³/mol. The van der Waals surface area contributed by atoms with Crippen molar-refractivity contribution in [3.8, 4) is 6.07 Å². The predicted octanol–water partition coefficient (Wildman–Crippen LogP) is 3.71. The zero-order valence-electron chi connectivity index (χ0n) is 11.8. The molecule has 0 saturated heterocycles. The number of hydrogen-bond acceptors (Lipinski definition) is 4. The average molecular weight is 282 g/mol. The second kappa shape index (κ2) is 4.98. The van der Waals surface area contributed by atoms with E-state index >= 15 is 0 Å². The van der Waals surface area contributed by atoms with Crippen molar-refractivity contribution in [1.29, 1.82) is 5.26 Å². The van der Waals surface area contributed by atoms with Crippen LogP contribution in [0.25, 0.3) is 16.5 Å². The van der Waals surface area contributed by atoms with Crippen molar-refractivity contribution in [2.75, 3.05) is 18.1 Å². The fourth-order valence-corrected chi connectivity index (χ4v) is 2.52. The SMILES string of the molecule is CCOC(=O)N1CC(C#N)=C(C)c2oc3ccccc3c21. The molecule has 0 spiro atoms. The Morgan fingerprint density at radius 3 is 2.95 bits per heavy atom. The summed E-state index contributed by atoms with van der Waals surface area (Å²) in [6, 6.07) is 9.64. The summed E-state index contributed by atoms with van der Waals surface area (Å²) in [6.07, 6.45) is -0.467. The number of anilines is 1. The molecule has 1 aromatic carbocycles. The number of allylic oxidation sites excluding steroid dienone is 1. The van der Waals surface area contributed by atoms with Crippen LogP contribution in [0.3, 0.4) is 0 Å². The first-order valence-corrected chi connectivity index (χ1v) is 6.73. The van der Waals surface area contributed by atoms with Crippen LogP contribution in [-0.2, 0) is 4.74 Å². The van der Waals surface area contributed by atoms with Gasteiger partial charge in [-0.05, 0) is 26.0 Å². The monoisotopic (exact) mass is 282 g/mol. The van der Waals surface area contributed by atoms with E-state index in [9.17, 15) is 10.1 Å². The van der Waals surface area contributed by atoms with Crippen molar-refractivity contribution in [1.82, 2.24) is 0 Å². The summed E-state index contributed by atoms with van der Waals surface area (Å²) in [5.41, 5.74) is 2.65. The van der Waals surface area contributed by atoms with Crippen LogP contribution in [-0.4, -0.2) is 19.2 Å². The Hall–Kier alpha value is -2.74. The number of fused-ring (bicyclic) bond motifs is 3. The van der Waals surface area contributed by atoms with Crippen LogP contribution in [0.1, 0.15) is 19.6 Å². The number of furan rings is 1. The van der Waals surface area contributed by atoms with Crippen LogP contribution in [0.4, 0.5) is 10.5 Å². The molecule has 106 valence electrons. The number of nitrogens with zero attached hydrogens (tertiary/aromatic N) is 2. The Morgan fingerprint density at radius 2 is 2.24 bits per heavy atom. The number of benzene rings is 1. The zero-order valence-corrected chi connectivity index (χ0v) is 11.8. The molecule has 0 unspecified atom stereocenters. The molecule has 0 fully saturated rings. The summed E-state index contributed by atoms with van der Waals surface area (Å²) in [5.74, 6) is 0.562. The van der Waals surface area contributed by atoms with Gasteiger partial charge in [-0.1, -0.05) is 12.1 Å². The Kier molecular flexibility index (Phi) is 3.15. The van der Waals surface area contributed by atoms with E-state index in [1.807, 2.05) is 31.2 Å². The molecule has 0 N–H and O–H groups in total. The molecule has 1 aromatic heterocycles. The number of hydrogen-bond donors (Lipinski definition) is 0. The fourth-order valence-electron chi connectivity index (χ4n) is 2.52. The highest BCUT2D eigenvalue weighted by Gasteiger charge is 2.32. The van der Waals surface area contributed by atoms with E-state index in [-0.39, 0.29) is 13.2 Å². The number of carbonyl (C=O) groups excluding carboxylic acids is 1. The first-order valence-electron chi connectivity index (χ1n) is 6.73. The zero-order chi connectivity index (χ0) is 15.0. The standard InChI is InChI=1S/C16H14N2O3/c1-3-20-16(19)18-9-11(8-17)10(2)15-14(18)12-6-4-5-7-13(12)21-15/h4-7H,3,9H2,1-2H3. The minimum absolute atomic E-state index is 0.206. The van der Waals surface area contributed by atoms with Crippen LogP contribution in [0.2, 0.25) is 0 Å². The smallest absolute Gasteiger partial charge is 0.414 e. The minimum atomic E-state index is -0.467. The molecule has 0 atom stereocenters. The maximum absolute atomic E-state index is 12.2. The fraction of sp³-hybridized carbons (Fsp3) is 0.250. The van der Waals surface area contributed by atoms with E-state index in [0.29, 0.717) is 22.6 Å². The normalized spacial score (nSPS) is 14.0. The van der Waals surface area contributed by atoms with Crippen LogP contribution in [0.5, 0.6) is 0 Å². The first-order chi connectivity index (χ1) is 10.2. The number of rotatable bonds is 1. The number of amides is 1. The van der Waals surface area contributed by atoms with E-state index < -0.39 is 6.09 Å². The van der Waals surface area contributed by atoms with E-state index in [2.05, 4.69) is 6.07 Å². The van der Waals surface area contributed by atoms with Gasteiger partial charge in [0.05, 0.1) is 24.8 Å². The summed E-state index contributed by atoms with van der Waals surface area (Å²) in [6.45, 7) is 4.08. The Bertz CT molecular complexity index is 795. The molecule has 5 nitrogen and oxygen atoms in total. The molecule has 1 amide bonds. The average Bonchev–Trinajstić information content (AvgIpc) is 2.88. The summed E-state index contributed by atoms with van der Waals surface area (Å²) < 4.78 is 10.9. The quantitative estimate of drug-likeness (QED) is 0.799. The van der Waals surface area contributed by atoms with Gasteiger partial charge in [-0.3, -0.25) is 4.90 Å². The van der Waals surface area contributed by atoms with Gasteiger partial charge < -0.3 is 9.15 Å². The summed E-state index contributed by atoms with van der Waals surface area (Å²) >= 11 is 0. The molecular weight excluding hydrogens is 268 g/mol. The molecule has 3 rings (SSSR count). The Labute approximate surface area is 122 Å². The summed E-state index contributed by atoms with van der Waals surface area (Å²) in [4.78, 5) is 13.7. The second-order valence-electron chi connectivity index (χ2n) is 4.78. The van der Waals surface area contributed by atoms with Gasteiger partial charge in [0.25, 0.3) is 0 Å². The van der Waals surface area contributed by atoms with Crippen LogP contribution >= 0.6 is 0 Å². The van der Waals surface area contributed by atoms with Crippen LogP contribution in [0, 0.1) is 11.3 Å². The molecule has 0 radical (unpaired) electrons. The molecule has 2 aromatic rings. The van der Waals surface area contributed by atoms with Crippen molar-refractivity contribution in [2.24, 2.45) is 0 Å². The second-order valence-corrected chi connectivity index (χ2v) is 4.78. The molecule has 1 aliphatic heterocycles. The van der Waals surface area contributed by atoms with Crippen molar-refractivity contribution in [2.45, 2.75) is 13.8 Å². The summed E-state index contributed by atoms with van der Waals surface area (Å²) in [7, 11) is 0. The topological polar surface area (TPSA) is 66.5 Å². The van der Waals surface area contributed by atoms with Gasteiger partial charge in [-0.2, -0.15) is 5.26 Å². The third-order valence-electron chi connectivity index (χ3n) is 3.57. The highest BCUT2D eigenvalue weighted by molar-refractivity contribution is 6.06. The van der Waals surface area contributed by atoms with E-state index in [4.69, 9.17) is 9.15 Å². The van der Waals surface area contributed by atoms with Gasteiger partial charge in [0.2, 0.25) is 0 Å². The van der Waals surface area contributed by atoms with Gasteiger partial charge in [0, 0.05) is 11.0 Å². The van der Waals surface area contributed by atoms with Crippen LogP contribution < -0.4 is 4.90 Å². The summed E-state index contributed by atoms with van der Waals surface area (Å²) in [5, 5.41) is 10.1. The first kappa shape index (κ1) is 13.3. The lowest BCUT2D eigenvalue weighted by Gasteiger charge is -2.26. The largest absolute Gasteiger partial charge is 0.454 e. The molecular formula is C16H14N2O3. The van der Waals surface area contributed by atoms with Crippen molar-refractivity contribution >= 4 is 28.3 Å². The van der Waals surface area contributed by atoms with Gasteiger partial charge >= 0.3 is 6.09 Å². The van der Waals surface area contributed by atoms with Crippen LogP contribution in [0.15, 0.2) is 34.3 Å². The molecule has 1 aliphatic rings. The maximum Gasteiger partial charge on any atom is 0.414 e. The number of nitriles is 1. The molecule has 2 heterocycles. The number of carbonyl (C=O) groups is 1. The molecule has 0 aliphatic carbocycles. The van der Waals surface area contributed by atoms with Crippen molar-refractivity contribution in [3.63, 3.8) is 0 Å². The lowest BCUT2D eigenvalue weighted by atomic mass is 10.0. The van der Waals surface area contributed by atoms with E-state index in [1.54, 1.807) is 6.92 Å². The Balaban J connectivity index is 2.25. The third-order valence-corrected chi connectivity index (χ3v) is 3.57. The number of ether oxygens (including phenoxy) is 1. The van der Waals surface area contributed by atoms with Gasteiger partial charge in [0.1, 0.15) is 11.3 Å². The molecule has 21 heavy (non-hydrogen) atoms. The Morgan fingerprint density at radius 1 is 1.48 bits per heavy atom. The van der Waals surface area contributed by atoms with Gasteiger partial charge in [0.15, 0.2) is 5.76 Å². The lowest BCUT2D eigenvalue weighted by Crippen LogP contribution is -2.35. The van der Waals surface area contributed by atoms with E-state index in [0.717, 1.165) is 11.0 Å². The van der Waals surface area contributed by atoms with Gasteiger partial charge in [-0.15, -0.1) is 0 Å². The molecule has 0 saturated carbocycles. The van der Waals surface area contributed by atoms with Crippen molar-refractivity contribution in [3.05, 3.63) is 35.6 Å². The van der Waals surface area contributed by atoms with Crippen molar-refractivity contribution < 1.29 is 13.9 Å². The third kappa shape index (κ3) is 1.96. The minimum Gasteiger partial charge on any atom is -0.454 e. The maximum atomic E-state index is 12.2. The molecule has 5 heteroatoms. The highest BCUT2D eigenvalue weighted by atomic mass is 16.6. The highest BCUT2D eigenvalue weighted by Crippen LogP contribution is 2.42. The molecule has 0 bridgehead atoms. The number of para-hydroxylation sites is 1. The van der Waals surface area contributed by atoms with E-state index in [1.165, 1.54) is 4.90 Å².